The van der Waals surface area contributed by atoms with Crippen LogP contribution >= 0.6 is 0 Å². The zero-order valence-electron chi connectivity index (χ0n) is 16.0. The molecule has 0 radical (unpaired) electrons. The molecule has 7 heteroatoms. The first-order valence-corrected chi connectivity index (χ1v) is 9.94. The molecule has 29 heavy (non-hydrogen) atoms. The first-order chi connectivity index (χ1) is 14.0. The van der Waals surface area contributed by atoms with E-state index < -0.39 is 10.9 Å². The van der Waals surface area contributed by atoms with Crippen molar-refractivity contribution in [2.75, 3.05) is 12.4 Å². The zero-order valence-corrected chi connectivity index (χ0v) is 16.0. The number of nitrogens with zero attached hydrogens (tertiary/aromatic N) is 1. The lowest BCUT2D eigenvalue weighted by Gasteiger charge is -2.44. The van der Waals surface area contributed by atoms with Gasteiger partial charge in [-0.2, -0.15) is 0 Å². The second-order valence-electron chi connectivity index (χ2n) is 8.32. The van der Waals surface area contributed by atoms with E-state index in [0.717, 1.165) is 30.4 Å². The van der Waals surface area contributed by atoms with Gasteiger partial charge in [-0.05, 0) is 66.2 Å². The van der Waals surface area contributed by atoms with Gasteiger partial charge in [0, 0.05) is 6.07 Å². The van der Waals surface area contributed by atoms with Crippen molar-refractivity contribution in [1.82, 2.24) is 0 Å². The molecular formula is C22H22N2O5. The molecule has 1 aliphatic heterocycles. The van der Waals surface area contributed by atoms with Crippen molar-refractivity contribution in [3.05, 3.63) is 63.2 Å². The van der Waals surface area contributed by atoms with Gasteiger partial charge in [0.2, 0.25) is 0 Å². The number of nitro groups is 1. The Labute approximate surface area is 167 Å². The molecule has 2 fully saturated rings. The molecule has 3 aliphatic rings. The molecule has 5 rings (SSSR count). The van der Waals surface area contributed by atoms with Gasteiger partial charge in [0.25, 0.3) is 0 Å². The van der Waals surface area contributed by atoms with Gasteiger partial charge in [0.05, 0.1) is 29.3 Å². The maximum Gasteiger partial charge on any atom is 0.337 e. The predicted octanol–water partition coefficient (Wildman–Crippen LogP) is 4.60. The van der Waals surface area contributed by atoms with Crippen LogP contribution in [0.5, 0.6) is 5.75 Å². The molecule has 150 valence electrons. The SMILES string of the molecule is COc1ccc([C@@H]2Nc3c(C(=O)O)cccc3[C@@H]3[C@H]4CC[C@@H](C4)[C@@H]32)cc1[N+](=O)[O-]. The van der Waals surface area contributed by atoms with Crippen molar-refractivity contribution in [3.8, 4) is 5.75 Å². The fourth-order valence-electron chi connectivity index (χ4n) is 6.06. The molecule has 2 aromatic carbocycles. The molecule has 2 N–H and O–H groups in total. The van der Waals surface area contributed by atoms with Gasteiger partial charge in [-0.1, -0.05) is 18.2 Å². The van der Waals surface area contributed by atoms with E-state index in [1.54, 1.807) is 18.2 Å². The highest BCUT2D eigenvalue weighted by atomic mass is 16.6. The number of nitro benzene ring substituents is 1. The van der Waals surface area contributed by atoms with Crippen LogP contribution in [0.25, 0.3) is 0 Å². The number of benzene rings is 2. The Kier molecular flexibility index (Phi) is 4.01. The minimum atomic E-state index is -0.963. The summed E-state index contributed by atoms with van der Waals surface area (Å²) in [5.74, 6) is 0.950. The summed E-state index contributed by atoms with van der Waals surface area (Å²) >= 11 is 0. The maximum absolute atomic E-state index is 11.8. The number of hydrogen-bond donors (Lipinski definition) is 2. The number of anilines is 1. The fraction of sp³-hybridized carbons (Fsp3) is 0.409. The summed E-state index contributed by atoms with van der Waals surface area (Å²) in [6, 6.07) is 10.4. The third kappa shape index (κ3) is 2.60. The third-order valence-electron chi connectivity index (χ3n) is 7.11. The topological polar surface area (TPSA) is 102 Å². The molecule has 0 aromatic heterocycles. The molecule has 1 heterocycles. The van der Waals surface area contributed by atoms with Crippen LogP contribution in [0.3, 0.4) is 0 Å². The van der Waals surface area contributed by atoms with E-state index in [9.17, 15) is 20.0 Å². The summed E-state index contributed by atoms with van der Waals surface area (Å²) in [6.45, 7) is 0. The Morgan fingerprint density at radius 1 is 1.24 bits per heavy atom. The number of rotatable bonds is 4. The Balaban J connectivity index is 1.66. The van der Waals surface area contributed by atoms with E-state index in [1.165, 1.54) is 7.11 Å². The summed E-state index contributed by atoms with van der Waals surface area (Å²) in [5.41, 5.74) is 2.75. The van der Waals surface area contributed by atoms with Crippen molar-refractivity contribution in [2.24, 2.45) is 17.8 Å². The Bertz CT molecular complexity index is 1020. The number of ether oxygens (including phenoxy) is 1. The van der Waals surface area contributed by atoms with Crippen LogP contribution in [-0.2, 0) is 0 Å². The lowest BCUT2D eigenvalue weighted by molar-refractivity contribution is -0.385. The van der Waals surface area contributed by atoms with Gasteiger partial charge in [-0.15, -0.1) is 0 Å². The van der Waals surface area contributed by atoms with Gasteiger partial charge in [-0.25, -0.2) is 4.79 Å². The molecule has 7 nitrogen and oxygen atoms in total. The monoisotopic (exact) mass is 394 g/mol. The maximum atomic E-state index is 11.8. The quantitative estimate of drug-likeness (QED) is 0.580. The van der Waals surface area contributed by atoms with Crippen LogP contribution in [0.1, 0.15) is 52.7 Å². The molecule has 2 aromatic rings. The summed E-state index contributed by atoms with van der Waals surface area (Å²) in [7, 11) is 1.42. The average molecular weight is 394 g/mol. The van der Waals surface area contributed by atoms with E-state index in [1.807, 2.05) is 18.2 Å². The van der Waals surface area contributed by atoms with Crippen molar-refractivity contribution in [3.63, 3.8) is 0 Å². The smallest absolute Gasteiger partial charge is 0.337 e. The van der Waals surface area contributed by atoms with E-state index in [0.29, 0.717) is 23.4 Å². The number of hydrogen-bond acceptors (Lipinski definition) is 5. The number of para-hydroxylation sites is 1. The highest BCUT2D eigenvalue weighted by Gasteiger charge is 2.54. The van der Waals surface area contributed by atoms with Gasteiger partial charge in [0.1, 0.15) is 0 Å². The minimum absolute atomic E-state index is 0.0659. The number of carboxylic acids is 1. The van der Waals surface area contributed by atoms with E-state index >= 15 is 0 Å². The molecule has 0 amide bonds. The molecule has 0 unspecified atom stereocenters. The molecule has 0 spiro atoms. The van der Waals surface area contributed by atoms with Crippen molar-refractivity contribution < 1.29 is 19.6 Å². The molecule has 0 saturated heterocycles. The lowest BCUT2D eigenvalue weighted by Crippen LogP contribution is -2.36. The van der Waals surface area contributed by atoms with Gasteiger partial charge in [0.15, 0.2) is 5.75 Å². The predicted molar refractivity (Wildman–Crippen MR) is 106 cm³/mol. The highest BCUT2D eigenvalue weighted by molar-refractivity contribution is 5.95. The third-order valence-corrected chi connectivity index (χ3v) is 7.11. The van der Waals surface area contributed by atoms with Crippen LogP contribution in [0.4, 0.5) is 11.4 Å². The van der Waals surface area contributed by atoms with E-state index in [2.05, 4.69) is 5.32 Å². The second kappa shape index (κ2) is 6.47. The lowest BCUT2D eigenvalue weighted by atomic mass is 9.67. The number of nitrogens with one attached hydrogen (secondary N) is 1. The fourth-order valence-corrected chi connectivity index (χ4v) is 6.06. The molecule has 2 aliphatic carbocycles. The van der Waals surface area contributed by atoms with E-state index in [4.69, 9.17) is 4.74 Å². The minimum Gasteiger partial charge on any atom is -0.490 e. The van der Waals surface area contributed by atoms with Gasteiger partial charge in [-0.3, -0.25) is 10.1 Å². The number of aromatic carboxylic acids is 1. The van der Waals surface area contributed by atoms with Crippen LogP contribution in [0, 0.1) is 27.9 Å². The first kappa shape index (κ1) is 18.0. The normalized spacial score (nSPS) is 28.9. The Hall–Kier alpha value is -3.09. The average Bonchev–Trinajstić information content (AvgIpc) is 3.34. The van der Waals surface area contributed by atoms with Crippen LogP contribution < -0.4 is 10.1 Å². The number of fused-ring (bicyclic) bond motifs is 7. The molecule has 5 atom stereocenters. The standard InChI is InChI=1S/C22H22N2O5/c1-29-17-8-7-13(10-16(17)24(27)28)20-19-12-6-5-11(9-12)18(19)14-3-2-4-15(22(25)26)21(14)23-20/h2-4,7-8,10-12,18-20,23H,5-6,9H2,1H3,(H,25,26)/t11-,12-,18-,19-,20-/m0/s1. The first-order valence-electron chi connectivity index (χ1n) is 9.94. The largest absolute Gasteiger partial charge is 0.490 e. The number of methoxy groups -OCH3 is 1. The number of carbonyl (C=O) groups is 1. The number of carboxylic acid groups (broad SMARTS) is 1. The van der Waals surface area contributed by atoms with Crippen LogP contribution in [-0.4, -0.2) is 23.1 Å². The van der Waals surface area contributed by atoms with Gasteiger partial charge < -0.3 is 15.2 Å². The molecule has 2 bridgehead atoms. The zero-order chi connectivity index (χ0) is 20.3. The van der Waals surface area contributed by atoms with Gasteiger partial charge >= 0.3 is 11.7 Å². The summed E-state index contributed by atoms with van der Waals surface area (Å²) < 4.78 is 5.15. The highest BCUT2D eigenvalue weighted by Crippen LogP contribution is 2.64. The molecular weight excluding hydrogens is 372 g/mol. The van der Waals surface area contributed by atoms with Crippen molar-refractivity contribution >= 4 is 17.3 Å². The van der Waals surface area contributed by atoms with E-state index in [-0.39, 0.29) is 29.0 Å². The second-order valence-corrected chi connectivity index (χ2v) is 8.32. The Morgan fingerprint density at radius 3 is 2.76 bits per heavy atom. The summed E-state index contributed by atoms with van der Waals surface area (Å²) in [6.07, 6.45) is 3.47. The summed E-state index contributed by atoms with van der Waals surface area (Å²) in [4.78, 5) is 23.0. The summed E-state index contributed by atoms with van der Waals surface area (Å²) in [5, 5.41) is 24.7. The Morgan fingerprint density at radius 2 is 2.03 bits per heavy atom. The van der Waals surface area contributed by atoms with Crippen molar-refractivity contribution in [1.29, 1.82) is 0 Å². The van der Waals surface area contributed by atoms with Crippen LogP contribution in [0.2, 0.25) is 0 Å². The van der Waals surface area contributed by atoms with Crippen molar-refractivity contribution in [2.45, 2.75) is 31.2 Å². The molecule has 2 saturated carbocycles. The van der Waals surface area contributed by atoms with Crippen LogP contribution in [0.15, 0.2) is 36.4 Å².